The highest BCUT2D eigenvalue weighted by atomic mass is 32.2. The molecule has 2 aromatic carbocycles. The van der Waals surface area contributed by atoms with Gasteiger partial charge >= 0.3 is 0 Å². The average molecular weight is 491 g/mol. The highest BCUT2D eigenvalue weighted by Crippen LogP contribution is 2.21. The summed E-state index contributed by atoms with van der Waals surface area (Å²) >= 11 is 1.23. The van der Waals surface area contributed by atoms with Crippen molar-refractivity contribution in [2.45, 2.75) is 24.0 Å². The Labute approximate surface area is 199 Å². The van der Waals surface area contributed by atoms with Crippen LogP contribution in [0.4, 0.5) is 11.4 Å². The van der Waals surface area contributed by atoms with Crippen LogP contribution in [-0.2, 0) is 19.6 Å². The summed E-state index contributed by atoms with van der Waals surface area (Å²) in [4.78, 5) is 26.9. The Hall–Kier alpha value is -2.40. The normalized spacial score (nSPS) is 16.2. The monoisotopic (exact) mass is 490 g/mol. The average Bonchev–Trinajstić information content (AvgIpc) is 2.79. The van der Waals surface area contributed by atoms with Crippen molar-refractivity contribution in [3.8, 4) is 0 Å². The van der Waals surface area contributed by atoms with Crippen molar-refractivity contribution in [3.63, 3.8) is 0 Å². The summed E-state index contributed by atoms with van der Waals surface area (Å²) in [7, 11) is -1.58. The number of nitrogens with one attached hydrogen (secondary N) is 2. The maximum absolute atomic E-state index is 12.8. The van der Waals surface area contributed by atoms with E-state index < -0.39 is 15.3 Å². The molecule has 2 amide bonds. The number of amides is 2. The van der Waals surface area contributed by atoms with E-state index in [0.29, 0.717) is 31.9 Å². The molecule has 2 aromatic rings. The van der Waals surface area contributed by atoms with Crippen LogP contribution < -0.4 is 10.6 Å². The molecule has 8 nitrogen and oxygen atoms in total. The summed E-state index contributed by atoms with van der Waals surface area (Å²) in [5.41, 5.74) is 2.33. The van der Waals surface area contributed by atoms with Gasteiger partial charge in [-0.3, -0.25) is 9.59 Å². The van der Waals surface area contributed by atoms with Crippen LogP contribution >= 0.6 is 11.8 Å². The molecule has 0 bridgehead atoms. The predicted molar refractivity (Wildman–Crippen MR) is 133 cm³/mol. The molecule has 0 spiro atoms. The molecule has 1 heterocycles. The molecule has 1 saturated heterocycles. The van der Waals surface area contributed by atoms with Crippen molar-refractivity contribution >= 4 is 45.0 Å². The number of benzene rings is 2. The number of likely N-dealkylation sites (N-methyl/N-ethyl adjacent to an activating group) is 1. The fraction of sp³-hybridized carbons (Fsp3) is 0.391. The second kappa shape index (κ2) is 11.1. The van der Waals surface area contributed by atoms with E-state index in [1.54, 1.807) is 19.1 Å². The number of carbonyl (C=O) groups is 2. The lowest BCUT2D eigenvalue weighted by Gasteiger charge is -2.31. The topological polar surface area (TPSA) is 98.8 Å². The first kappa shape index (κ1) is 25.2. The van der Waals surface area contributed by atoms with Crippen LogP contribution in [0.1, 0.15) is 12.5 Å². The Balaban J connectivity index is 1.49. The Morgan fingerprint density at radius 3 is 2.09 bits per heavy atom. The Morgan fingerprint density at radius 1 is 0.939 bits per heavy atom. The zero-order valence-electron chi connectivity index (χ0n) is 19.1. The summed E-state index contributed by atoms with van der Waals surface area (Å²) in [6.45, 7) is 6.03. The van der Waals surface area contributed by atoms with Crippen LogP contribution in [0.2, 0.25) is 0 Å². The highest BCUT2D eigenvalue weighted by molar-refractivity contribution is 8.01. The molecule has 1 aliphatic rings. The number of nitrogens with zero attached hydrogens (tertiary/aromatic N) is 2. The second-order valence-electron chi connectivity index (χ2n) is 8.09. The van der Waals surface area contributed by atoms with E-state index >= 15 is 0 Å². The minimum Gasteiger partial charge on any atom is -0.325 e. The first-order valence-corrected chi connectivity index (χ1v) is 13.2. The number of hydrogen-bond donors (Lipinski definition) is 2. The number of thioether (sulfide) groups is 1. The maximum atomic E-state index is 12.8. The molecule has 0 saturated carbocycles. The zero-order valence-corrected chi connectivity index (χ0v) is 20.7. The molecule has 0 aromatic heterocycles. The van der Waals surface area contributed by atoms with Crippen molar-refractivity contribution in [2.24, 2.45) is 0 Å². The second-order valence-corrected chi connectivity index (χ2v) is 11.4. The van der Waals surface area contributed by atoms with E-state index in [0.717, 1.165) is 11.3 Å². The van der Waals surface area contributed by atoms with Crippen LogP contribution in [0.5, 0.6) is 0 Å². The number of piperazine rings is 1. The summed E-state index contributed by atoms with van der Waals surface area (Å²) in [6.07, 6.45) is 0. The first-order valence-electron chi connectivity index (χ1n) is 10.7. The van der Waals surface area contributed by atoms with E-state index in [2.05, 4.69) is 15.5 Å². The van der Waals surface area contributed by atoms with E-state index in [-0.39, 0.29) is 22.5 Å². The van der Waals surface area contributed by atoms with Crippen LogP contribution in [0.25, 0.3) is 0 Å². The van der Waals surface area contributed by atoms with Gasteiger partial charge in [0.05, 0.1) is 15.9 Å². The molecule has 33 heavy (non-hydrogen) atoms. The highest BCUT2D eigenvalue weighted by Gasteiger charge is 2.27. The van der Waals surface area contributed by atoms with Gasteiger partial charge in [0.2, 0.25) is 21.8 Å². The van der Waals surface area contributed by atoms with Crippen molar-refractivity contribution in [1.29, 1.82) is 0 Å². The van der Waals surface area contributed by atoms with Gasteiger partial charge in [-0.05, 0) is 57.3 Å². The minimum absolute atomic E-state index is 0.144. The fourth-order valence-corrected chi connectivity index (χ4v) is 5.35. The van der Waals surface area contributed by atoms with Crippen molar-refractivity contribution in [2.75, 3.05) is 49.6 Å². The molecule has 1 aliphatic heterocycles. The van der Waals surface area contributed by atoms with Crippen molar-refractivity contribution in [1.82, 2.24) is 9.21 Å². The molecule has 1 fully saturated rings. The van der Waals surface area contributed by atoms with Gasteiger partial charge in [0, 0.05) is 37.6 Å². The number of hydrogen-bond acceptors (Lipinski definition) is 6. The van der Waals surface area contributed by atoms with Gasteiger partial charge in [-0.25, -0.2) is 8.42 Å². The molecular weight excluding hydrogens is 460 g/mol. The van der Waals surface area contributed by atoms with Gasteiger partial charge in [0.15, 0.2) is 0 Å². The van der Waals surface area contributed by atoms with E-state index in [1.807, 2.05) is 38.2 Å². The fourth-order valence-electron chi connectivity index (χ4n) is 3.24. The molecule has 1 unspecified atom stereocenters. The third kappa shape index (κ3) is 7.04. The Bertz CT molecular complexity index is 1060. The SMILES string of the molecule is Cc1ccc(NC(=O)CSC(C)C(=O)Nc2ccc(S(=O)(=O)N3CCN(C)CC3)cc2)cc1. The van der Waals surface area contributed by atoms with Gasteiger partial charge in [-0.15, -0.1) is 11.8 Å². The summed E-state index contributed by atoms with van der Waals surface area (Å²) in [6, 6.07) is 13.7. The van der Waals surface area contributed by atoms with Crippen LogP contribution in [0, 0.1) is 6.92 Å². The van der Waals surface area contributed by atoms with Gasteiger partial charge in [0.1, 0.15) is 0 Å². The molecule has 2 N–H and O–H groups in total. The third-order valence-electron chi connectivity index (χ3n) is 5.39. The number of rotatable bonds is 8. The quantitative estimate of drug-likeness (QED) is 0.590. The summed E-state index contributed by atoms with van der Waals surface area (Å²) < 4.78 is 27.1. The van der Waals surface area contributed by atoms with Gasteiger partial charge in [-0.2, -0.15) is 4.31 Å². The van der Waals surface area contributed by atoms with Crippen LogP contribution in [0.3, 0.4) is 0 Å². The maximum Gasteiger partial charge on any atom is 0.243 e. The van der Waals surface area contributed by atoms with Crippen LogP contribution in [0.15, 0.2) is 53.4 Å². The molecule has 178 valence electrons. The summed E-state index contributed by atoms with van der Waals surface area (Å²) in [5.74, 6) is -0.287. The lowest BCUT2D eigenvalue weighted by molar-refractivity contribution is -0.115. The van der Waals surface area contributed by atoms with E-state index in [4.69, 9.17) is 0 Å². The Morgan fingerprint density at radius 2 is 1.48 bits per heavy atom. The summed E-state index contributed by atoms with van der Waals surface area (Å²) in [5, 5.41) is 5.13. The van der Waals surface area contributed by atoms with Crippen LogP contribution in [-0.4, -0.2) is 73.7 Å². The van der Waals surface area contributed by atoms with Gasteiger partial charge < -0.3 is 15.5 Å². The van der Waals surface area contributed by atoms with Crippen molar-refractivity contribution in [3.05, 3.63) is 54.1 Å². The molecule has 10 heteroatoms. The molecule has 0 radical (unpaired) electrons. The standard InChI is InChI=1S/C23H30N4O4S2/c1-17-4-6-19(7-5-17)24-22(28)16-32-18(2)23(29)25-20-8-10-21(11-9-20)33(30,31)27-14-12-26(3)13-15-27/h4-11,18H,12-16H2,1-3H3,(H,24,28)(H,25,29). The number of aryl methyl sites for hydroxylation is 1. The smallest absolute Gasteiger partial charge is 0.243 e. The number of anilines is 2. The predicted octanol–water partition coefficient (Wildman–Crippen LogP) is 2.63. The number of sulfonamides is 1. The molecule has 1 atom stereocenters. The third-order valence-corrected chi connectivity index (χ3v) is 8.45. The van der Waals surface area contributed by atoms with Crippen molar-refractivity contribution < 1.29 is 18.0 Å². The minimum atomic E-state index is -3.55. The van der Waals surface area contributed by atoms with E-state index in [9.17, 15) is 18.0 Å². The molecule has 3 rings (SSSR count). The van der Waals surface area contributed by atoms with Gasteiger partial charge in [0.25, 0.3) is 0 Å². The molecule has 0 aliphatic carbocycles. The lowest BCUT2D eigenvalue weighted by Crippen LogP contribution is -2.46. The van der Waals surface area contributed by atoms with Gasteiger partial charge in [-0.1, -0.05) is 17.7 Å². The largest absolute Gasteiger partial charge is 0.325 e. The zero-order chi connectivity index (χ0) is 24.0. The molecular formula is C23H30N4O4S2. The van der Waals surface area contributed by atoms with E-state index in [1.165, 1.54) is 28.2 Å². The first-order chi connectivity index (χ1) is 15.6. The Kier molecular flexibility index (Phi) is 8.52. The lowest BCUT2D eigenvalue weighted by atomic mass is 10.2. The number of carbonyl (C=O) groups excluding carboxylic acids is 2.